The zero-order valence-corrected chi connectivity index (χ0v) is 10.9. The highest BCUT2D eigenvalue weighted by molar-refractivity contribution is 5.44. The van der Waals surface area contributed by atoms with Crippen LogP contribution in [0, 0.1) is 5.92 Å². The number of unbranched alkanes of at least 4 members (excludes halogenated alkanes) is 1. The summed E-state index contributed by atoms with van der Waals surface area (Å²) >= 11 is 0. The maximum absolute atomic E-state index is 5.33. The fraction of sp³-hybridized carbons (Fsp3) is 0.615. The van der Waals surface area contributed by atoms with E-state index in [1.54, 1.807) is 0 Å². The normalized spacial score (nSPS) is 12.2. The molecule has 96 valence electrons. The number of hydrazine groups is 1. The van der Waals surface area contributed by atoms with Crippen molar-refractivity contribution in [3.8, 4) is 0 Å². The summed E-state index contributed by atoms with van der Waals surface area (Å²) in [5, 5.41) is 3.37. The van der Waals surface area contributed by atoms with E-state index in [0.717, 1.165) is 18.3 Å². The quantitative estimate of drug-likeness (QED) is 0.479. The number of hydrogen-bond acceptors (Lipinski definition) is 4. The topological polar surface area (TPSA) is 63.0 Å². The van der Waals surface area contributed by atoms with Gasteiger partial charge in [0, 0.05) is 6.54 Å². The van der Waals surface area contributed by atoms with E-state index >= 15 is 0 Å². The number of rotatable bonds is 8. The molecule has 0 radical (unpaired) electrons. The maximum atomic E-state index is 5.33. The summed E-state index contributed by atoms with van der Waals surface area (Å²) in [4.78, 5) is 4.33. The predicted octanol–water partition coefficient (Wildman–Crippen LogP) is 3.00. The van der Waals surface area contributed by atoms with Crippen molar-refractivity contribution in [2.45, 2.75) is 39.5 Å². The van der Waals surface area contributed by atoms with Crippen molar-refractivity contribution >= 4 is 11.6 Å². The van der Waals surface area contributed by atoms with Gasteiger partial charge in [-0.25, -0.2) is 10.8 Å². The Morgan fingerprint density at radius 1 is 1.29 bits per heavy atom. The Labute approximate surface area is 104 Å². The number of pyridine rings is 1. The van der Waals surface area contributed by atoms with E-state index in [4.69, 9.17) is 5.84 Å². The SMILES string of the molecule is CCCCC(CC)CNc1cccc(NN)n1. The molecule has 0 aromatic carbocycles. The van der Waals surface area contributed by atoms with Crippen molar-refractivity contribution in [2.75, 3.05) is 17.3 Å². The molecule has 4 heteroatoms. The second kappa shape index (κ2) is 7.90. The molecule has 0 bridgehead atoms. The molecule has 0 saturated heterocycles. The van der Waals surface area contributed by atoms with Gasteiger partial charge in [-0.3, -0.25) is 0 Å². The summed E-state index contributed by atoms with van der Waals surface area (Å²) in [6, 6.07) is 5.75. The second-order valence-electron chi connectivity index (χ2n) is 4.35. The fourth-order valence-corrected chi connectivity index (χ4v) is 1.81. The molecular formula is C13H24N4. The Bertz CT molecular complexity index is 314. The molecule has 0 fully saturated rings. The van der Waals surface area contributed by atoms with Crippen LogP contribution < -0.4 is 16.6 Å². The minimum absolute atomic E-state index is 0.691. The standard InChI is InChI=1S/C13H24N4/c1-3-5-7-11(4-2)10-15-12-8-6-9-13(16-12)17-14/h6,8-9,11H,3-5,7,10,14H2,1-2H3,(H2,15,16,17). The third-order valence-electron chi connectivity index (χ3n) is 3.01. The largest absolute Gasteiger partial charge is 0.370 e. The summed E-state index contributed by atoms with van der Waals surface area (Å²) in [5.41, 5.74) is 2.55. The van der Waals surface area contributed by atoms with Gasteiger partial charge in [-0.1, -0.05) is 39.2 Å². The lowest BCUT2D eigenvalue weighted by Gasteiger charge is -2.15. The third-order valence-corrected chi connectivity index (χ3v) is 3.01. The van der Waals surface area contributed by atoms with Crippen molar-refractivity contribution in [3.63, 3.8) is 0 Å². The first kappa shape index (κ1) is 13.8. The molecule has 0 saturated carbocycles. The number of nitrogens with one attached hydrogen (secondary N) is 2. The number of aromatic nitrogens is 1. The van der Waals surface area contributed by atoms with Gasteiger partial charge in [-0.05, 0) is 24.5 Å². The van der Waals surface area contributed by atoms with E-state index < -0.39 is 0 Å². The molecule has 0 aliphatic rings. The Balaban J connectivity index is 2.41. The molecule has 0 aliphatic carbocycles. The van der Waals surface area contributed by atoms with Gasteiger partial charge in [-0.15, -0.1) is 0 Å². The van der Waals surface area contributed by atoms with E-state index in [-0.39, 0.29) is 0 Å². The first-order valence-electron chi connectivity index (χ1n) is 6.47. The molecule has 17 heavy (non-hydrogen) atoms. The van der Waals surface area contributed by atoms with Crippen LogP contribution in [0.1, 0.15) is 39.5 Å². The Kier molecular flexibility index (Phi) is 6.40. The molecule has 0 spiro atoms. The van der Waals surface area contributed by atoms with Crippen LogP contribution in [0.15, 0.2) is 18.2 Å². The van der Waals surface area contributed by atoms with Crippen LogP contribution in [0.5, 0.6) is 0 Å². The summed E-state index contributed by atoms with van der Waals surface area (Å²) < 4.78 is 0. The Morgan fingerprint density at radius 2 is 2.06 bits per heavy atom. The lowest BCUT2D eigenvalue weighted by molar-refractivity contribution is 0.472. The van der Waals surface area contributed by atoms with Crippen LogP contribution >= 0.6 is 0 Å². The number of hydrogen-bond donors (Lipinski definition) is 3. The maximum Gasteiger partial charge on any atom is 0.142 e. The van der Waals surface area contributed by atoms with Crippen LogP contribution in [-0.4, -0.2) is 11.5 Å². The highest BCUT2D eigenvalue weighted by atomic mass is 15.3. The molecule has 4 N–H and O–H groups in total. The van der Waals surface area contributed by atoms with E-state index in [2.05, 4.69) is 29.6 Å². The van der Waals surface area contributed by atoms with Crippen LogP contribution in [0.2, 0.25) is 0 Å². The van der Waals surface area contributed by atoms with E-state index in [1.807, 2.05) is 18.2 Å². The van der Waals surface area contributed by atoms with E-state index in [1.165, 1.54) is 25.7 Å². The summed E-state index contributed by atoms with van der Waals surface area (Å²) in [7, 11) is 0. The summed E-state index contributed by atoms with van der Waals surface area (Å²) in [6.45, 7) is 5.46. The molecule has 1 aromatic heterocycles. The van der Waals surface area contributed by atoms with Gasteiger partial charge in [-0.2, -0.15) is 0 Å². The number of anilines is 2. The number of nitrogens with two attached hydrogens (primary N) is 1. The second-order valence-corrected chi connectivity index (χ2v) is 4.35. The van der Waals surface area contributed by atoms with Gasteiger partial charge < -0.3 is 10.7 Å². The molecule has 0 aliphatic heterocycles. The fourth-order valence-electron chi connectivity index (χ4n) is 1.81. The number of nitrogen functional groups attached to an aromatic ring is 1. The first-order valence-corrected chi connectivity index (χ1v) is 6.47. The van der Waals surface area contributed by atoms with Gasteiger partial charge >= 0.3 is 0 Å². The van der Waals surface area contributed by atoms with Crippen LogP contribution in [0.4, 0.5) is 11.6 Å². The Morgan fingerprint density at radius 3 is 2.71 bits per heavy atom. The zero-order chi connectivity index (χ0) is 12.5. The highest BCUT2D eigenvalue weighted by Gasteiger charge is 2.05. The van der Waals surface area contributed by atoms with Crippen molar-refractivity contribution in [1.29, 1.82) is 0 Å². The smallest absolute Gasteiger partial charge is 0.142 e. The van der Waals surface area contributed by atoms with Crippen molar-refractivity contribution in [2.24, 2.45) is 11.8 Å². The molecule has 0 amide bonds. The molecule has 4 nitrogen and oxygen atoms in total. The number of nitrogens with zero attached hydrogens (tertiary/aromatic N) is 1. The van der Waals surface area contributed by atoms with E-state index in [0.29, 0.717) is 5.82 Å². The third kappa shape index (κ3) is 5.04. The zero-order valence-electron chi connectivity index (χ0n) is 10.9. The van der Waals surface area contributed by atoms with Crippen molar-refractivity contribution in [3.05, 3.63) is 18.2 Å². The summed E-state index contributed by atoms with van der Waals surface area (Å²) in [6.07, 6.45) is 5.07. The predicted molar refractivity (Wildman–Crippen MR) is 73.8 cm³/mol. The van der Waals surface area contributed by atoms with Crippen molar-refractivity contribution < 1.29 is 0 Å². The minimum Gasteiger partial charge on any atom is -0.370 e. The molecule has 1 unspecified atom stereocenters. The lowest BCUT2D eigenvalue weighted by atomic mass is 9.99. The molecule has 1 heterocycles. The average Bonchev–Trinajstić information content (AvgIpc) is 2.39. The van der Waals surface area contributed by atoms with Gasteiger partial charge in [0.25, 0.3) is 0 Å². The highest BCUT2D eigenvalue weighted by Crippen LogP contribution is 2.14. The van der Waals surface area contributed by atoms with Crippen LogP contribution in [0.25, 0.3) is 0 Å². The monoisotopic (exact) mass is 236 g/mol. The lowest BCUT2D eigenvalue weighted by Crippen LogP contribution is -2.15. The minimum atomic E-state index is 0.691. The van der Waals surface area contributed by atoms with Gasteiger partial charge in [0.2, 0.25) is 0 Å². The molecular weight excluding hydrogens is 212 g/mol. The molecule has 1 rings (SSSR count). The van der Waals surface area contributed by atoms with Gasteiger partial charge in [0.05, 0.1) is 0 Å². The first-order chi connectivity index (χ1) is 8.30. The van der Waals surface area contributed by atoms with Crippen molar-refractivity contribution in [1.82, 2.24) is 4.98 Å². The molecule has 1 aromatic rings. The van der Waals surface area contributed by atoms with Crippen LogP contribution in [-0.2, 0) is 0 Å². The molecule has 1 atom stereocenters. The summed E-state index contributed by atoms with van der Waals surface area (Å²) in [5.74, 6) is 7.63. The van der Waals surface area contributed by atoms with Gasteiger partial charge in [0.1, 0.15) is 11.6 Å². The Hall–Kier alpha value is -1.29. The van der Waals surface area contributed by atoms with Crippen LogP contribution in [0.3, 0.4) is 0 Å². The van der Waals surface area contributed by atoms with E-state index in [9.17, 15) is 0 Å². The average molecular weight is 236 g/mol. The van der Waals surface area contributed by atoms with Gasteiger partial charge in [0.15, 0.2) is 0 Å².